The van der Waals surface area contributed by atoms with Crippen LogP contribution in [0, 0.1) is 0 Å². The predicted molar refractivity (Wildman–Crippen MR) is 113 cm³/mol. The van der Waals surface area contributed by atoms with Gasteiger partial charge in [0.05, 0.1) is 6.61 Å². The van der Waals surface area contributed by atoms with Crippen molar-refractivity contribution in [2.45, 2.75) is 25.0 Å². The Bertz CT molecular complexity index is 838. The molecular formula is C21H23N3O3S. The molecule has 1 aliphatic rings. The van der Waals surface area contributed by atoms with Gasteiger partial charge in [0.15, 0.2) is 5.17 Å². The highest BCUT2D eigenvalue weighted by atomic mass is 32.2. The first kappa shape index (κ1) is 19.9. The van der Waals surface area contributed by atoms with E-state index in [0.29, 0.717) is 24.0 Å². The molecular weight excluding hydrogens is 374 g/mol. The van der Waals surface area contributed by atoms with Crippen LogP contribution < -0.4 is 15.4 Å². The van der Waals surface area contributed by atoms with Gasteiger partial charge in [0.25, 0.3) is 0 Å². The van der Waals surface area contributed by atoms with Gasteiger partial charge in [0, 0.05) is 18.7 Å². The van der Waals surface area contributed by atoms with E-state index in [-0.39, 0.29) is 18.2 Å². The van der Waals surface area contributed by atoms with E-state index in [1.54, 1.807) is 24.3 Å². The number of amides is 2. The van der Waals surface area contributed by atoms with Crippen molar-refractivity contribution in [2.24, 2.45) is 4.99 Å². The molecule has 1 aliphatic heterocycles. The number of benzene rings is 2. The third kappa shape index (κ3) is 5.85. The minimum absolute atomic E-state index is 0.0986. The van der Waals surface area contributed by atoms with Crippen molar-refractivity contribution < 1.29 is 14.3 Å². The Morgan fingerprint density at radius 2 is 1.93 bits per heavy atom. The fraction of sp³-hybridized carbons (Fsp3) is 0.286. The van der Waals surface area contributed by atoms with E-state index in [4.69, 9.17) is 4.74 Å². The Hall–Kier alpha value is -2.80. The lowest BCUT2D eigenvalue weighted by molar-refractivity contribution is -0.122. The Kier molecular flexibility index (Phi) is 7.08. The van der Waals surface area contributed by atoms with Gasteiger partial charge >= 0.3 is 0 Å². The highest BCUT2D eigenvalue weighted by molar-refractivity contribution is 8.15. The first-order chi connectivity index (χ1) is 13.6. The number of rotatable bonds is 8. The van der Waals surface area contributed by atoms with Crippen molar-refractivity contribution in [3.8, 4) is 5.75 Å². The van der Waals surface area contributed by atoms with E-state index in [0.717, 1.165) is 12.2 Å². The smallest absolute Gasteiger partial charge is 0.240 e. The Labute approximate surface area is 168 Å². The van der Waals surface area contributed by atoms with Crippen LogP contribution in [-0.4, -0.2) is 35.4 Å². The Morgan fingerprint density at radius 1 is 1.18 bits per heavy atom. The second-order valence-corrected chi connectivity index (χ2v) is 7.42. The zero-order valence-electron chi connectivity index (χ0n) is 15.7. The fourth-order valence-corrected chi connectivity index (χ4v) is 3.72. The molecule has 7 heteroatoms. The quantitative estimate of drug-likeness (QED) is 0.717. The van der Waals surface area contributed by atoms with Gasteiger partial charge in [0.1, 0.15) is 11.0 Å². The molecule has 0 aliphatic carbocycles. The number of anilines is 1. The average Bonchev–Trinajstić information content (AvgIpc) is 3.03. The summed E-state index contributed by atoms with van der Waals surface area (Å²) in [6.45, 7) is 3.10. The Balaban J connectivity index is 1.46. The van der Waals surface area contributed by atoms with Crippen molar-refractivity contribution in [1.82, 2.24) is 5.32 Å². The third-order valence-electron chi connectivity index (χ3n) is 4.10. The van der Waals surface area contributed by atoms with E-state index in [2.05, 4.69) is 27.8 Å². The van der Waals surface area contributed by atoms with Crippen LogP contribution in [-0.2, 0) is 16.0 Å². The van der Waals surface area contributed by atoms with Crippen LogP contribution in [0.1, 0.15) is 18.9 Å². The number of thioether (sulfide) groups is 1. The van der Waals surface area contributed by atoms with Crippen LogP contribution in [0.2, 0.25) is 0 Å². The average molecular weight is 398 g/mol. The number of ether oxygens (including phenoxy) is 1. The van der Waals surface area contributed by atoms with Gasteiger partial charge in [-0.2, -0.15) is 0 Å². The molecule has 2 amide bonds. The summed E-state index contributed by atoms with van der Waals surface area (Å²) in [7, 11) is 0. The molecule has 1 atom stereocenters. The molecule has 28 heavy (non-hydrogen) atoms. The summed E-state index contributed by atoms with van der Waals surface area (Å²) < 4.78 is 5.38. The summed E-state index contributed by atoms with van der Waals surface area (Å²) in [6, 6.07) is 17.2. The highest BCUT2D eigenvalue weighted by Gasteiger charge is 2.31. The Morgan fingerprint density at radius 3 is 2.64 bits per heavy atom. The van der Waals surface area contributed by atoms with E-state index >= 15 is 0 Å². The lowest BCUT2D eigenvalue weighted by atomic mass is 10.2. The third-order valence-corrected chi connectivity index (χ3v) is 5.21. The SMILES string of the molecule is CCOc1ccc(NC(=O)C[C@H]2SC(=NCCc3ccccc3)NC2=O)cc1. The van der Waals surface area contributed by atoms with Crippen molar-refractivity contribution >= 4 is 34.4 Å². The molecule has 3 rings (SSSR count). The van der Waals surface area contributed by atoms with E-state index < -0.39 is 5.25 Å². The van der Waals surface area contributed by atoms with Crippen LogP contribution in [0.3, 0.4) is 0 Å². The summed E-state index contributed by atoms with van der Waals surface area (Å²) in [4.78, 5) is 28.8. The zero-order valence-corrected chi connectivity index (χ0v) is 16.5. The zero-order chi connectivity index (χ0) is 19.8. The number of aliphatic imine (C=N–C) groups is 1. The van der Waals surface area contributed by atoms with Crippen molar-refractivity contribution in [1.29, 1.82) is 0 Å². The number of amidine groups is 1. The van der Waals surface area contributed by atoms with Gasteiger partial charge in [-0.25, -0.2) is 0 Å². The summed E-state index contributed by atoms with van der Waals surface area (Å²) in [5, 5.41) is 5.69. The lowest BCUT2D eigenvalue weighted by Gasteiger charge is -2.08. The monoisotopic (exact) mass is 397 g/mol. The molecule has 0 saturated carbocycles. The number of carbonyl (C=O) groups excluding carboxylic acids is 2. The minimum atomic E-state index is -0.460. The van der Waals surface area contributed by atoms with Crippen molar-refractivity contribution in [3.05, 3.63) is 60.2 Å². The predicted octanol–water partition coefficient (Wildman–Crippen LogP) is 3.24. The second-order valence-electron chi connectivity index (χ2n) is 6.23. The van der Waals surface area contributed by atoms with Crippen LogP contribution in [0.5, 0.6) is 5.75 Å². The standard InChI is InChI=1S/C21H23N3O3S/c1-2-27-17-10-8-16(9-11-17)23-19(25)14-18-20(26)24-21(28-18)22-13-12-15-6-4-3-5-7-15/h3-11,18H,2,12-14H2,1H3,(H,23,25)(H,22,24,26)/t18-/m1/s1. The summed E-state index contributed by atoms with van der Waals surface area (Å²) >= 11 is 1.31. The molecule has 0 radical (unpaired) electrons. The van der Waals surface area contributed by atoms with Crippen LogP contribution in [0.25, 0.3) is 0 Å². The van der Waals surface area contributed by atoms with E-state index in [1.165, 1.54) is 17.3 Å². The van der Waals surface area contributed by atoms with Gasteiger partial charge in [-0.15, -0.1) is 0 Å². The van der Waals surface area contributed by atoms with Crippen LogP contribution in [0.4, 0.5) is 5.69 Å². The topological polar surface area (TPSA) is 79.8 Å². The van der Waals surface area contributed by atoms with E-state index in [9.17, 15) is 9.59 Å². The molecule has 1 fully saturated rings. The van der Waals surface area contributed by atoms with E-state index in [1.807, 2.05) is 25.1 Å². The van der Waals surface area contributed by atoms with Gasteiger partial charge < -0.3 is 15.4 Å². The van der Waals surface area contributed by atoms with Gasteiger partial charge in [0.2, 0.25) is 11.8 Å². The summed E-state index contributed by atoms with van der Waals surface area (Å²) in [5.74, 6) is 0.371. The molecule has 2 aromatic carbocycles. The van der Waals surface area contributed by atoms with Crippen molar-refractivity contribution in [2.75, 3.05) is 18.5 Å². The normalized spacial score (nSPS) is 17.4. The van der Waals surface area contributed by atoms with Gasteiger partial charge in [-0.1, -0.05) is 42.1 Å². The van der Waals surface area contributed by atoms with Crippen LogP contribution in [0.15, 0.2) is 59.6 Å². The highest BCUT2D eigenvalue weighted by Crippen LogP contribution is 2.23. The lowest BCUT2D eigenvalue weighted by Crippen LogP contribution is -2.28. The first-order valence-electron chi connectivity index (χ1n) is 9.22. The minimum Gasteiger partial charge on any atom is -0.494 e. The number of nitrogens with one attached hydrogen (secondary N) is 2. The maximum atomic E-state index is 12.3. The number of nitrogens with zero attached hydrogens (tertiary/aromatic N) is 1. The van der Waals surface area contributed by atoms with Crippen molar-refractivity contribution in [3.63, 3.8) is 0 Å². The first-order valence-corrected chi connectivity index (χ1v) is 10.1. The molecule has 2 aromatic rings. The molecule has 0 bridgehead atoms. The molecule has 0 unspecified atom stereocenters. The van der Waals surface area contributed by atoms with Gasteiger partial charge in [-0.05, 0) is 43.2 Å². The fourth-order valence-electron chi connectivity index (χ4n) is 2.73. The second kappa shape index (κ2) is 9.94. The molecule has 6 nitrogen and oxygen atoms in total. The molecule has 1 saturated heterocycles. The maximum Gasteiger partial charge on any atom is 0.240 e. The molecule has 0 spiro atoms. The number of hydrogen-bond donors (Lipinski definition) is 2. The van der Waals surface area contributed by atoms with Gasteiger partial charge in [-0.3, -0.25) is 14.6 Å². The molecule has 2 N–H and O–H groups in total. The maximum absolute atomic E-state index is 12.3. The molecule has 1 heterocycles. The number of hydrogen-bond acceptors (Lipinski definition) is 5. The summed E-state index contributed by atoms with van der Waals surface area (Å²) in [6.07, 6.45) is 0.908. The summed E-state index contributed by atoms with van der Waals surface area (Å²) in [5.41, 5.74) is 1.88. The number of carbonyl (C=O) groups is 2. The molecule has 0 aromatic heterocycles. The molecule has 146 valence electrons. The van der Waals surface area contributed by atoms with Crippen LogP contribution >= 0.6 is 11.8 Å². The largest absolute Gasteiger partial charge is 0.494 e.